The van der Waals surface area contributed by atoms with Crippen LogP contribution < -0.4 is 20.5 Å². The number of guanidine groups is 1. The fourth-order valence-electron chi connectivity index (χ4n) is 2.05. The number of hydrazone groups is 1. The molecule has 8 nitrogen and oxygen atoms in total. The molecule has 0 saturated heterocycles. The Morgan fingerprint density at radius 2 is 2.39 bits per heavy atom. The van der Waals surface area contributed by atoms with Crippen LogP contribution in [0.5, 0.6) is 5.75 Å². The van der Waals surface area contributed by atoms with Crippen LogP contribution in [0.3, 0.4) is 0 Å². The molecule has 0 bridgehead atoms. The average Bonchev–Trinajstić information content (AvgIpc) is 3.06. The van der Waals surface area contributed by atoms with Crippen molar-refractivity contribution in [3.05, 3.63) is 33.9 Å². The van der Waals surface area contributed by atoms with Crippen molar-refractivity contribution in [2.24, 2.45) is 5.10 Å². The summed E-state index contributed by atoms with van der Waals surface area (Å²) in [7, 11) is 0. The van der Waals surface area contributed by atoms with Gasteiger partial charge in [-0.15, -0.1) is 5.10 Å². The van der Waals surface area contributed by atoms with Crippen LogP contribution in [-0.2, 0) is 0 Å². The lowest BCUT2D eigenvalue weighted by Crippen LogP contribution is -2.73. The predicted octanol–water partition coefficient (Wildman–Crippen LogP) is 0.127. The van der Waals surface area contributed by atoms with Gasteiger partial charge in [0, 0.05) is 11.6 Å². The fourth-order valence-corrected chi connectivity index (χ4v) is 2.05. The number of benzene rings is 1. The zero-order valence-electron chi connectivity index (χ0n) is 13.4. The molecule has 2 rings (SSSR count). The highest BCUT2D eigenvalue weighted by atomic mass is 16.6. The predicted molar refractivity (Wildman–Crippen MR) is 87.7 cm³/mol. The van der Waals surface area contributed by atoms with Gasteiger partial charge in [0.25, 0.3) is 0 Å². The molecular weight excluding hydrogens is 298 g/mol. The Hall–Kier alpha value is -2.64. The van der Waals surface area contributed by atoms with E-state index in [4.69, 9.17) is 4.74 Å². The Balaban J connectivity index is 2.13. The second-order valence-electron chi connectivity index (χ2n) is 5.18. The van der Waals surface area contributed by atoms with E-state index in [9.17, 15) is 10.1 Å². The highest BCUT2D eigenvalue weighted by Crippen LogP contribution is 2.28. The van der Waals surface area contributed by atoms with Crippen molar-refractivity contribution in [3.63, 3.8) is 0 Å². The van der Waals surface area contributed by atoms with Gasteiger partial charge >= 0.3 is 11.6 Å². The van der Waals surface area contributed by atoms with Crippen LogP contribution in [0.4, 0.5) is 5.69 Å². The highest BCUT2D eigenvalue weighted by molar-refractivity contribution is 6.00. The number of nitro benzene ring substituents is 1. The minimum absolute atomic E-state index is 0.0436. The van der Waals surface area contributed by atoms with E-state index in [0.717, 1.165) is 31.9 Å². The first-order valence-corrected chi connectivity index (χ1v) is 7.68. The summed E-state index contributed by atoms with van der Waals surface area (Å²) in [5, 5.41) is 18.6. The smallest absolute Gasteiger partial charge is 0.367 e. The van der Waals surface area contributed by atoms with Crippen LogP contribution in [0.25, 0.3) is 0 Å². The molecule has 23 heavy (non-hydrogen) atoms. The van der Waals surface area contributed by atoms with Gasteiger partial charge in [-0.2, -0.15) is 5.43 Å². The Morgan fingerprint density at radius 1 is 1.57 bits per heavy atom. The number of ether oxygens (including phenoxy) is 1. The largest absolute Gasteiger partial charge is 0.487 e. The number of rotatable bonds is 7. The monoisotopic (exact) mass is 320 g/mol. The lowest BCUT2D eigenvalue weighted by atomic mass is 10.1. The first-order valence-electron chi connectivity index (χ1n) is 7.68. The molecule has 1 aromatic carbocycles. The van der Waals surface area contributed by atoms with Gasteiger partial charge in [0.1, 0.15) is 0 Å². The first-order chi connectivity index (χ1) is 11.1. The molecule has 0 atom stereocenters. The molecule has 1 aromatic rings. The van der Waals surface area contributed by atoms with Gasteiger partial charge in [-0.1, -0.05) is 13.3 Å². The number of hydrogen-bond acceptors (Lipinski definition) is 6. The second-order valence-corrected chi connectivity index (χ2v) is 5.18. The van der Waals surface area contributed by atoms with E-state index in [1.165, 1.54) is 6.07 Å². The summed E-state index contributed by atoms with van der Waals surface area (Å²) in [6.07, 6.45) is 1.84. The van der Waals surface area contributed by atoms with Gasteiger partial charge in [0.05, 0.1) is 30.3 Å². The number of nitrogens with one attached hydrogen (secondary N) is 3. The quantitative estimate of drug-likeness (QED) is 0.287. The molecule has 0 spiro atoms. The SMILES string of the molecule is CCCCOc1ccc(/C(C)=N/NC2=[NH+]CCN2)cc1[N+](=O)[O-]. The third kappa shape index (κ3) is 4.67. The van der Waals surface area contributed by atoms with Crippen LogP contribution in [-0.4, -0.2) is 36.3 Å². The van der Waals surface area contributed by atoms with E-state index in [0.29, 0.717) is 23.6 Å². The topological polar surface area (TPSA) is 103 Å². The maximum absolute atomic E-state index is 11.2. The Kier molecular flexibility index (Phi) is 5.90. The van der Waals surface area contributed by atoms with Crippen LogP contribution in [0.15, 0.2) is 23.3 Å². The summed E-state index contributed by atoms with van der Waals surface area (Å²) < 4.78 is 5.49. The van der Waals surface area contributed by atoms with Crippen molar-refractivity contribution in [1.82, 2.24) is 10.7 Å². The van der Waals surface area contributed by atoms with Gasteiger partial charge in [-0.25, -0.2) is 0 Å². The summed E-state index contributed by atoms with van der Waals surface area (Å²) in [4.78, 5) is 13.9. The van der Waals surface area contributed by atoms with Crippen molar-refractivity contribution < 1.29 is 14.7 Å². The van der Waals surface area contributed by atoms with Crippen molar-refractivity contribution in [2.75, 3.05) is 19.7 Å². The maximum Gasteiger partial charge on any atom is 0.367 e. The van der Waals surface area contributed by atoms with Crippen LogP contribution >= 0.6 is 0 Å². The molecule has 1 aliphatic heterocycles. The third-order valence-electron chi connectivity index (χ3n) is 3.39. The van der Waals surface area contributed by atoms with Gasteiger partial charge in [-0.05, 0) is 25.5 Å². The van der Waals surface area contributed by atoms with E-state index in [-0.39, 0.29) is 5.69 Å². The molecule has 0 aliphatic carbocycles. The molecule has 0 amide bonds. The average molecular weight is 320 g/mol. The molecule has 3 N–H and O–H groups in total. The van der Waals surface area contributed by atoms with Gasteiger partial charge in [0.15, 0.2) is 5.75 Å². The van der Waals surface area contributed by atoms with Crippen molar-refractivity contribution in [1.29, 1.82) is 0 Å². The van der Waals surface area contributed by atoms with E-state index in [1.54, 1.807) is 19.1 Å². The maximum atomic E-state index is 11.2. The minimum Gasteiger partial charge on any atom is -0.487 e. The summed E-state index contributed by atoms with van der Waals surface area (Å²) in [6, 6.07) is 4.89. The molecule has 0 radical (unpaired) electrons. The molecule has 1 aliphatic rings. The van der Waals surface area contributed by atoms with Crippen LogP contribution in [0.1, 0.15) is 32.3 Å². The van der Waals surface area contributed by atoms with E-state index >= 15 is 0 Å². The summed E-state index contributed by atoms with van der Waals surface area (Å²) in [5.41, 5.74) is 4.14. The summed E-state index contributed by atoms with van der Waals surface area (Å²) >= 11 is 0. The first kappa shape index (κ1) is 16.7. The summed E-state index contributed by atoms with van der Waals surface area (Å²) in [6.45, 7) is 5.98. The molecule has 0 fully saturated rings. The minimum atomic E-state index is -0.430. The summed E-state index contributed by atoms with van der Waals surface area (Å²) in [5.74, 6) is 1.03. The number of nitro groups is 1. The van der Waals surface area contributed by atoms with E-state index < -0.39 is 4.92 Å². The van der Waals surface area contributed by atoms with Crippen molar-refractivity contribution in [3.8, 4) is 5.75 Å². The molecule has 0 aromatic heterocycles. The zero-order valence-corrected chi connectivity index (χ0v) is 13.4. The Morgan fingerprint density at radius 3 is 3.04 bits per heavy atom. The van der Waals surface area contributed by atoms with Gasteiger partial charge in [0.2, 0.25) is 0 Å². The van der Waals surface area contributed by atoms with Gasteiger partial charge in [-0.3, -0.25) is 20.4 Å². The molecular formula is C15H22N5O3+. The highest BCUT2D eigenvalue weighted by Gasteiger charge is 2.17. The molecule has 124 valence electrons. The van der Waals surface area contributed by atoms with Crippen LogP contribution in [0.2, 0.25) is 0 Å². The van der Waals surface area contributed by atoms with E-state index in [1.807, 2.05) is 6.92 Å². The second kappa shape index (κ2) is 8.11. The molecule has 8 heteroatoms. The number of unbranched alkanes of at least 4 members (excludes halogenated alkanes) is 1. The normalized spacial score (nSPS) is 14.2. The lowest BCUT2D eigenvalue weighted by Gasteiger charge is -2.07. The molecule has 0 saturated carbocycles. The van der Waals surface area contributed by atoms with Crippen molar-refractivity contribution >= 4 is 17.4 Å². The van der Waals surface area contributed by atoms with Gasteiger partial charge < -0.3 is 4.74 Å². The third-order valence-corrected chi connectivity index (χ3v) is 3.39. The fraction of sp³-hybridized carbons (Fsp3) is 0.467. The Bertz CT molecular complexity index is 628. The van der Waals surface area contributed by atoms with Crippen LogP contribution in [0, 0.1) is 10.1 Å². The number of nitrogens with zero attached hydrogens (tertiary/aromatic N) is 2. The van der Waals surface area contributed by atoms with E-state index in [2.05, 4.69) is 20.8 Å². The number of hydrogen-bond donors (Lipinski definition) is 3. The lowest BCUT2D eigenvalue weighted by molar-refractivity contribution is -0.446. The molecule has 0 unspecified atom stereocenters. The standard InChI is InChI=1S/C15H21N5O3/c1-3-4-9-23-14-6-5-12(10-13(14)20(21)22)11(2)18-19-15-16-7-8-17-15/h5-6,10H,3-4,7-9H2,1-2H3,(H2,16,17,19)/p+1/b18-11+. The zero-order chi connectivity index (χ0) is 16.7. The van der Waals surface area contributed by atoms with Crippen molar-refractivity contribution in [2.45, 2.75) is 26.7 Å². The molecule has 1 heterocycles. The Labute approximate surface area is 134 Å².